The minimum atomic E-state index is -0.322. The van der Waals surface area contributed by atoms with Gasteiger partial charge in [-0.25, -0.2) is 4.79 Å². The highest BCUT2D eigenvalue weighted by molar-refractivity contribution is 5.81. The van der Waals surface area contributed by atoms with E-state index in [1.807, 2.05) is 25.1 Å². The molecule has 0 spiro atoms. The van der Waals surface area contributed by atoms with Gasteiger partial charge in [-0.3, -0.25) is 4.98 Å². The molecular weight excluding hydrogens is 178 g/mol. The van der Waals surface area contributed by atoms with Crippen LogP contribution in [0.15, 0.2) is 36.5 Å². The van der Waals surface area contributed by atoms with E-state index in [4.69, 9.17) is 4.74 Å². The number of aromatic nitrogens is 1. The van der Waals surface area contributed by atoms with Gasteiger partial charge in [-0.05, 0) is 18.6 Å². The van der Waals surface area contributed by atoms with E-state index < -0.39 is 0 Å². The molecule has 0 bridgehead atoms. The molecule has 1 aromatic rings. The largest absolute Gasteiger partial charge is 0.456 e. The summed E-state index contributed by atoms with van der Waals surface area (Å²) in [6.45, 7) is 2.19. The molecule has 0 aliphatic carbocycles. The maximum Gasteiger partial charge on any atom is 0.330 e. The number of pyridine rings is 1. The van der Waals surface area contributed by atoms with Crippen LogP contribution >= 0.6 is 0 Å². The second-order valence-corrected chi connectivity index (χ2v) is 2.74. The average Bonchev–Trinajstić information content (AvgIpc) is 2.25. The standard InChI is InChI=1S/C11H13NO2/c1-2-3-7-11(13)14-9-10-6-4-5-8-12-10/h3-8H,2,9H2,1H3. The molecule has 74 valence electrons. The molecule has 1 rings (SSSR count). The highest BCUT2D eigenvalue weighted by Gasteiger charge is 1.97. The van der Waals surface area contributed by atoms with E-state index in [0.717, 1.165) is 12.1 Å². The van der Waals surface area contributed by atoms with E-state index in [2.05, 4.69) is 4.98 Å². The van der Waals surface area contributed by atoms with Crippen molar-refractivity contribution in [1.29, 1.82) is 0 Å². The summed E-state index contributed by atoms with van der Waals surface area (Å²) in [5, 5.41) is 0. The number of allylic oxidation sites excluding steroid dienone is 1. The Kier molecular flexibility index (Phi) is 4.41. The van der Waals surface area contributed by atoms with Gasteiger partial charge >= 0.3 is 5.97 Å². The van der Waals surface area contributed by atoms with Crippen molar-refractivity contribution in [3.63, 3.8) is 0 Å². The fourth-order valence-corrected chi connectivity index (χ4v) is 0.891. The first kappa shape index (κ1) is 10.4. The third kappa shape index (κ3) is 3.85. The molecule has 0 saturated heterocycles. The third-order valence-electron chi connectivity index (χ3n) is 1.58. The topological polar surface area (TPSA) is 39.2 Å². The van der Waals surface area contributed by atoms with Crippen LogP contribution < -0.4 is 0 Å². The van der Waals surface area contributed by atoms with Gasteiger partial charge in [0.05, 0.1) is 5.69 Å². The predicted octanol–water partition coefficient (Wildman–Crippen LogP) is 2.09. The second-order valence-electron chi connectivity index (χ2n) is 2.74. The summed E-state index contributed by atoms with van der Waals surface area (Å²) in [4.78, 5) is 15.1. The number of carbonyl (C=O) groups excluding carboxylic acids is 1. The Hall–Kier alpha value is -1.64. The Morgan fingerprint density at radius 2 is 2.43 bits per heavy atom. The van der Waals surface area contributed by atoms with Crippen molar-refractivity contribution < 1.29 is 9.53 Å². The molecule has 0 N–H and O–H groups in total. The number of nitrogens with zero attached hydrogens (tertiary/aromatic N) is 1. The number of carbonyl (C=O) groups is 1. The van der Waals surface area contributed by atoms with Crippen LogP contribution in [0, 0.1) is 0 Å². The van der Waals surface area contributed by atoms with Gasteiger partial charge < -0.3 is 4.74 Å². The predicted molar refractivity (Wildman–Crippen MR) is 53.5 cm³/mol. The minimum absolute atomic E-state index is 0.230. The van der Waals surface area contributed by atoms with Gasteiger partial charge in [-0.1, -0.05) is 19.1 Å². The summed E-state index contributed by atoms with van der Waals surface area (Å²) < 4.78 is 4.94. The second kappa shape index (κ2) is 5.91. The summed E-state index contributed by atoms with van der Waals surface area (Å²) in [6, 6.07) is 5.50. The normalized spacial score (nSPS) is 10.4. The van der Waals surface area contributed by atoms with Crippen LogP contribution in [0.3, 0.4) is 0 Å². The van der Waals surface area contributed by atoms with Gasteiger partial charge in [-0.15, -0.1) is 0 Å². The highest BCUT2D eigenvalue weighted by atomic mass is 16.5. The van der Waals surface area contributed by atoms with E-state index in [0.29, 0.717) is 0 Å². The van der Waals surface area contributed by atoms with Gasteiger partial charge in [0.2, 0.25) is 0 Å². The van der Waals surface area contributed by atoms with Crippen LogP contribution in [0.5, 0.6) is 0 Å². The van der Waals surface area contributed by atoms with Crippen molar-refractivity contribution >= 4 is 5.97 Å². The first-order chi connectivity index (χ1) is 6.83. The van der Waals surface area contributed by atoms with Crippen LogP contribution in [0.1, 0.15) is 19.0 Å². The number of ether oxygens (including phenoxy) is 1. The molecule has 0 radical (unpaired) electrons. The summed E-state index contributed by atoms with van der Waals surface area (Å²) in [5.74, 6) is -0.322. The van der Waals surface area contributed by atoms with Gasteiger partial charge in [0.25, 0.3) is 0 Å². The first-order valence-corrected chi connectivity index (χ1v) is 4.56. The van der Waals surface area contributed by atoms with Crippen molar-refractivity contribution in [2.75, 3.05) is 0 Å². The Morgan fingerprint density at radius 1 is 1.57 bits per heavy atom. The Morgan fingerprint density at radius 3 is 3.07 bits per heavy atom. The summed E-state index contributed by atoms with van der Waals surface area (Å²) in [6.07, 6.45) is 5.70. The summed E-state index contributed by atoms with van der Waals surface area (Å²) in [7, 11) is 0. The molecular formula is C11H13NO2. The van der Waals surface area contributed by atoms with Crippen molar-refractivity contribution in [2.24, 2.45) is 0 Å². The molecule has 0 saturated carbocycles. The molecule has 1 heterocycles. The van der Waals surface area contributed by atoms with Gasteiger partial charge in [0.15, 0.2) is 0 Å². The number of rotatable bonds is 4. The quantitative estimate of drug-likeness (QED) is 0.540. The maximum atomic E-state index is 11.0. The molecule has 0 aliphatic heterocycles. The lowest BCUT2D eigenvalue weighted by molar-refractivity contribution is -0.139. The van der Waals surface area contributed by atoms with E-state index >= 15 is 0 Å². The van der Waals surface area contributed by atoms with Crippen LogP contribution in [0.25, 0.3) is 0 Å². The fraction of sp³-hybridized carbons (Fsp3) is 0.273. The molecule has 0 fully saturated rings. The maximum absolute atomic E-state index is 11.0. The molecule has 0 atom stereocenters. The van der Waals surface area contributed by atoms with Crippen molar-refractivity contribution in [1.82, 2.24) is 4.98 Å². The zero-order valence-electron chi connectivity index (χ0n) is 8.14. The molecule has 0 aliphatic rings. The lowest BCUT2D eigenvalue weighted by atomic mass is 10.4. The zero-order valence-corrected chi connectivity index (χ0v) is 8.14. The molecule has 0 aromatic carbocycles. The average molecular weight is 191 g/mol. The van der Waals surface area contributed by atoms with E-state index in [9.17, 15) is 4.79 Å². The van der Waals surface area contributed by atoms with E-state index in [1.54, 1.807) is 12.3 Å². The number of esters is 1. The zero-order chi connectivity index (χ0) is 10.2. The Bertz CT molecular complexity index is 306. The van der Waals surface area contributed by atoms with E-state index in [1.165, 1.54) is 6.08 Å². The van der Waals surface area contributed by atoms with Crippen molar-refractivity contribution in [2.45, 2.75) is 20.0 Å². The Labute approximate surface area is 83.4 Å². The summed E-state index contributed by atoms with van der Waals surface area (Å²) in [5.41, 5.74) is 0.755. The van der Waals surface area contributed by atoms with Crippen LogP contribution in [0.2, 0.25) is 0 Å². The van der Waals surface area contributed by atoms with Crippen molar-refractivity contribution in [3.05, 3.63) is 42.2 Å². The van der Waals surface area contributed by atoms with Gasteiger partial charge in [-0.2, -0.15) is 0 Å². The lowest BCUT2D eigenvalue weighted by Gasteiger charge is -2.00. The van der Waals surface area contributed by atoms with Crippen molar-refractivity contribution in [3.8, 4) is 0 Å². The minimum Gasteiger partial charge on any atom is -0.456 e. The molecule has 0 unspecified atom stereocenters. The molecule has 0 amide bonds. The fourth-order valence-electron chi connectivity index (χ4n) is 0.891. The summed E-state index contributed by atoms with van der Waals surface area (Å²) >= 11 is 0. The lowest BCUT2D eigenvalue weighted by Crippen LogP contribution is -2.01. The first-order valence-electron chi connectivity index (χ1n) is 4.56. The number of hydrogen-bond donors (Lipinski definition) is 0. The monoisotopic (exact) mass is 191 g/mol. The SMILES string of the molecule is CCC=CC(=O)OCc1ccccn1. The van der Waals surface area contributed by atoms with Gasteiger partial charge in [0, 0.05) is 12.3 Å². The van der Waals surface area contributed by atoms with E-state index in [-0.39, 0.29) is 12.6 Å². The molecule has 3 heteroatoms. The smallest absolute Gasteiger partial charge is 0.330 e. The molecule has 3 nitrogen and oxygen atoms in total. The third-order valence-corrected chi connectivity index (χ3v) is 1.58. The van der Waals surface area contributed by atoms with Crippen LogP contribution in [-0.2, 0) is 16.1 Å². The van der Waals surface area contributed by atoms with Crippen LogP contribution in [0.4, 0.5) is 0 Å². The Balaban J connectivity index is 2.34. The van der Waals surface area contributed by atoms with Gasteiger partial charge in [0.1, 0.15) is 6.61 Å². The molecule has 14 heavy (non-hydrogen) atoms. The highest BCUT2D eigenvalue weighted by Crippen LogP contribution is 1.96. The number of hydrogen-bond acceptors (Lipinski definition) is 3. The van der Waals surface area contributed by atoms with Crippen LogP contribution in [-0.4, -0.2) is 11.0 Å². The molecule has 1 aromatic heterocycles.